The number of fused-ring (bicyclic) bond motifs is 2. The maximum Gasteiger partial charge on any atom is 0.301 e. The van der Waals surface area contributed by atoms with Crippen molar-refractivity contribution in [2.24, 2.45) is 0 Å². The number of nitrogens with zero attached hydrogens (tertiary/aromatic N) is 8. The lowest BCUT2D eigenvalue weighted by Crippen LogP contribution is -2.40. The highest BCUT2D eigenvalue weighted by Gasteiger charge is 2.28. The quantitative estimate of drug-likeness (QED) is 0.350. The van der Waals surface area contributed by atoms with Crippen molar-refractivity contribution in [2.75, 3.05) is 13.1 Å². The molecule has 1 saturated carbocycles. The second-order valence-electron chi connectivity index (χ2n) is 10.1. The maximum atomic E-state index is 13.6. The van der Waals surface area contributed by atoms with E-state index in [4.69, 9.17) is 0 Å². The Morgan fingerprint density at radius 1 is 0.838 bits per heavy atom. The summed E-state index contributed by atoms with van der Waals surface area (Å²) < 4.78 is 31.8. The fourth-order valence-corrected chi connectivity index (χ4v) is 7.24. The highest BCUT2D eigenvalue weighted by molar-refractivity contribution is 7.90. The number of hydrogen-bond acceptors (Lipinski definition) is 7. The van der Waals surface area contributed by atoms with E-state index >= 15 is 0 Å². The van der Waals surface area contributed by atoms with Crippen LogP contribution in [0.1, 0.15) is 44.6 Å². The molecule has 2 aliphatic rings. The largest absolute Gasteiger partial charge is 0.301 e. The third kappa shape index (κ3) is 3.84. The molecule has 190 valence electrons. The normalized spacial score (nSPS) is 18.4. The second-order valence-corrected chi connectivity index (χ2v) is 11.8. The molecule has 0 amide bonds. The summed E-state index contributed by atoms with van der Waals surface area (Å²) in [7, 11) is -3.99. The Bertz CT molecular complexity index is 1690. The first-order valence-corrected chi connectivity index (χ1v) is 14.3. The first-order valence-electron chi connectivity index (χ1n) is 12.9. The Labute approximate surface area is 214 Å². The second kappa shape index (κ2) is 8.77. The Morgan fingerprint density at radius 2 is 1.68 bits per heavy atom. The monoisotopic (exact) mass is 516 g/mol. The molecule has 10 nitrogen and oxygen atoms in total. The Kier molecular flexibility index (Phi) is 5.36. The molecular formula is C26H28N8O2S. The average molecular weight is 517 g/mol. The van der Waals surface area contributed by atoms with Crippen LogP contribution < -0.4 is 0 Å². The van der Waals surface area contributed by atoms with Gasteiger partial charge in [-0.15, -0.1) is 0 Å². The number of hydrogen-bond donors (Lipinski definition) is 0. The number of imidazole rings is 1. The van der Waals surface area contributed by atoms with Crippen molar-refractivity contribution in [2.45, 2.75) is 55.6 Å². The van der Waals surface area contributed by atoms with E-state index in [0.29, 0.717) is 22.7 Å². The fraction of sp³-hybridized carbons (Fsp3) is 0.385. The van der Waals surface area contributed by atoms with E-state index in [-0.39, 0.29) is 5.03 Å². The van der Waals surface area contributed by atoms with Gasteiger partial charge in [-0.2, -0.15) is 22.7 Å². The van der Waals surface area contributed by atoms with Gasteiger partial charge >= 0.3 is 10.0 Å². The highest BCUT2D eigenvalue weighted by atomic mass is 32.2. The summed E-state index contributed by atoms with van der Waals surface area (Å²) in [6, 6.07) is 8.32. The van der Waals surface area contributed by atoms with Gasteiger partial charge in [-0.25, -0.2) is 4.98 Å². The predicted octanol–water partition coefficient (Wildman–Crippen LogP) is 3.76. The van der Waals surface area contributed by atoms with Crippen molar-refractivity contribution in [1.82, 2.24) is 38.2 Å². The number of aromatic nitrogens is 7. The van der Waals surface area contributed by atoms with Crippen LogP contribution in [0.3, 0.4) is 0 Å². The molecule has 2 fully saturated rings. The zero-order valence-corrected chi connectivity index (χ0v) is 21.2. The summed E-state index contributed by atoms with van der Waals surface area (Å²) >= 11 is 0. The van der Waals surface area contributed by atoms with Gasteiger partial charge in [-0.05, 0) is 43.9 Å². The third-order valence-corrected chi connectivity index (χ3v) is 9.49. The van der Waals surface area contributed by atoms with Crippen LogP contribution in [-0.2, 0) is 10.0 Å². The zero-order valence-electron chi connectivity index (χ0n) is 20.4. The summed E-state index contributed by atoms with van der Waals surface area (Å²) in [5, 5.41) is 8.90. The maximum absolute atomic E-state index is 13.6. The fourth-order valence-electron chi connectivity index (χ4n) is 5.90. The minimum absolute atomic E-state index is 0.0512. The van der Waals surface area contributed by atoms with Crippen molar-refractivity contribution >= 4 is 26.7 Å². The molecule has 1 saturated heterocycles. The summed E-state index contributed by atoms with van der Waals surface area (Å²) in [6.45, 7) is 2.25. The molecule has 0 bridgehead atoms. The van der Waals surface area contributed by atoms with Gasteiger partial charge in [0, 0.05) is 48.8 Å². The molecule has 0 spiro atoms. The van der Waals surface area contributed by atoms with Gasteiger partial charge < -0.3 is 4.90 Å². The van der Waals surface area contributed by atoms with Crippen molar-refractivity contribution in [3.63, 3.8) is 0 Å². The summed E-state index contributed by atoms with van der Waals surface area (Å²) in [5.41, 5.74) is 3.19. The number of likely N-dealkylation sites (tertiary alicyclic amines) is 1. The highest BCUT2D eigenvalue weighted by Crippen LogP contribution is 2.31. The SMILES string of the molecule is O=S(=O)(c1cnc2ccccn12)n1ncc2ncc(-c3cnn(C4CCN(C5CCCC5)CC4)c3)cc21. The van der Waals surface area contributed by atoms with E-state index in [1.165, 1.54) is 38.1 Å². The van der Waals surface area contributed by atoms with Crippen LogP contribution in [0, 0.1) is 0 Å². The van der Waals surface area contributed by atoms with Crippen LogP contribution in [0.5, 0.6) is 0 Å². The van der Waals surface area contributed by atoms with Crippen LogP contribution in [0.2, 0.25) is 0 Å². The molecule has 37 heavy (non-hydrogen) atoms. The summed E-state index contributed by atoms with van der Waals surface area (Å²) in [5.74, 6) is 0. The molecule has 6 heterocycles. The molecular weight excluding hydrogens is 488 g/mol. The van der Waals surface area contributed by atoms with Gasteiger partial charge in [-0.1, -0.05) is 18.9 Å². The van der Waals surface area contributed by atoms with E-state index in [1.807, 2.05) is 18.3 Å². The minimum Gasteiger partial charge on any atom is -0.300 e. The van der Waals surface area contributed by atoms with Gasteiger partial charge in [0.05, 0.1) is 24.6 Å². The smallest absolute Gasteiger partial charge is 0.300 e. The van der Waals surface area contributed by atoms with Crippen LogP contribution in [0.25, 0.3) is 27.8 Å². The molecule has 1 aliphatic heterocycles. The molecule has 1 aliphatic carbocycles. The molecule has 5 aromatic heterocycles. The van der Waals surface area contributed by atoms with Crippen molar-refractivity contribution in [3.05, 3.63) is 61.4 Å². The van der Waals surface area contributed by atoms with Gasteiger partial charge in [0.25, 0.3) is 0 Å². The van der Waals surface area contributed by atoms with Gasteiger partial charge in [0.1, 0.15) is 16.7 Å². The molecule has 0 radical (unpaired) electrons. The lowest BCUT2D eigenvalue weighted by molar-refractivity contribution is 0.132. The van der Waals surface area contributed by atoms with Crippen LogP contribution >= 0.6 is 0 Å². The molecule has 7 rings (SSSR count). The van der Waals surface area contributed by atoms with Crippen LogP contribution in [0.4, 0.5) is 0 Å². The number of pyridine rings is 2. The van der Waals surface area contributed by atoms with E-state index in [1.54, 1.807) is 28.9 Å². The third-order valence-electron chi connectivity index (χ3n) is 7.91. The molecule has 0 aromatic carbocycles. The van der Waals surface area contributed by atoms with Crippen molar-refractivity contribution in [3.8, 4) is 11.1 Å². The zero-order chi connectivity index (χ0) is 25.0. The van der Waals surface area contributed by atoms with Crippen molar-refractivity contribution < 1.29 is 8.42 Å². The first-order chi connectivity index (χ1) is 18.1. The molecule has 5 aromatic rings. The Morgan fingerprint density at radius 3 is 2.51 bits per heavy atom. The van der Waals surface area contributed by atoms with E-state index in [9.17, 15) is 8.42 Å². The Hall–Kier alpha value is -3.57. The number of rotatable bonds is 5. The number of piperidine rings is 1. The summed E-state index contributed by atoms with van der Waals surface area (Å²) in [4.78, 5) is 11.4. The first kappa shape index (κ1) is 22.6. The van der Waals surface area contributed by atoms with E-state index in [2.05, 4.69) is 35.9 Å². The van der Waals surface area contributed by atoms with Crippen LogP contribution in [0.15, 0.2) is 66.5 Å². The molecule has 0 unspecified atom stereocenters. The van der Waals surface area contributed by atoms with Gasteiger partial charge in [0.15, 0.2) is 5.03 Å². The standard InChI is InChI=1S/C26H28N8O2S/c35-37(36,26-17-28-25-7-3-4-10-32(25)26)34-24-13-19(14-27-23(24)16-30-34)20-15-29-33(18-20)22-8-11-31(12-9-22)21-5-1-2-6-21/h3-4,7,10,13-18,21-22H,1-2,5-6,8-9,11-12H2. The molecule has 0 atom stereocenters. The van der Waals surface area contributed by atoms with Gasteiger partial charge in [-0.3, -0.25) is 14.1 Å². The lowest BCUT2D eigenvalue weighted by Gasteiger charge is -2.36. The molecule has 0 N–H and O–H groups in total. The summed E-state index contributed by atoms with van der Waals surface area (Å²) in [6.07, 6.45) is 17.8. The van der Waals surface area contributed by atoms with E-state index < -0.39 is 10.0 Å². The van der Waals surface area contributed by atoms with Crippen molar-refractivity contribution in [1.29, 1.82) is 0 Å². The average Bonchev–Trinajstić information content (AvgIpc) is 3.74. The van der Waals surface area contributed by atoms with E-state index in [0.717, 1.165) is 47.2 Å². The molecule has 11 heteroatoms. The predicted molar refractivity (Wildman–Crippen MR) is 139 cm³/mol. The lowest BCUT2D eigenvalue weighted by atomic mass is 10.0. The van der Waals surface area contributed by atoms with Gasteiger partial charge in [0.2, 0.25) is 0 Å². The topological polar surface area (TPSA) is 103 Å². The minimum atomic E-state index is -3.99. The van der Waals surface area contributed by atoms with Crippen LogP contribution in [-0.4, -0.2) is 65.8 Å². The Balaban J connectivity index is 1.17.